The van der Waals surface area contributed by atoms with Crippen LogP contribution in [0.5, 0.6) is 11.5 Å². The standard InChI is InChI=1S/C17H16ClNO3S/c1-11(17(20)19-13-4-2-3-12(18)9-13)23-14-5-6-15-16(10-14)22-8-7-21-15/h2-6,9-11H,7-8H2,1H3,(H,19,20)/t11-/m1/s1. The highest BCUT2D eigenvalue weighted by molar-refractivity contribution is 8.00. The molecule has 0 saturated heterocycles. The maximum atomic E-state index is 12.3. The third-order valence-corrected chi connectivity index (χ3v) is 4.62. The van der Waals surface area contributed by atoms with Gasteiger partial charge in [-0.1, -0.05) is 17.7 Å². The van der Waals surface area contributed by atoms with Crippen LogP contribution in [0.3, 0.4) is 0 Å². The number of hydrogen-bond donors (Lipinski definition) is 1. The zero-order chi connectivity index (χ0) is 16.2. The summed E-state index contributed by atoms with van der Waals surface area (Å²) in [6.07, 6.45) is 0. The smallest absolute Gasteiger partial charge is 0.237 e. The van der Waals surface area contributed by atoms with Gasteiger partial charge in [0.15, 0.2) is 11.5 Å². The summed E-state index contributed by atoms with van der Waals surface area (Å²) in [5.41, 5.74) is 0.692. The van der Waals surface area contributed by atoms with Crippen LogP contribution in [-0.4, -0.2) is 24.4 Å². The Morgan fingerprint density at radius 1 is 1.17 bits per heavy atom. The Hall–Kier alpha value is -1.85. The number of nitrogens with one attached hydrogen (secondary N) is 1. The molecular weight excluding hydrogens is 334 g/mol. The van der Waals surface area contributed by atoms with E-state index in [1.807, 2.05) is 31.2 Å². The second kappa shape index (κ2) is 7.15. The van der Waals surface area contributed by atoms with Crippen LogP contribution in [0.1, 0.15) is 6.92 Å². The van der Waals surface area contributed by atoms with Crippen LogP contribution in [-0.2, 0) is 4.79 Å². The van der Waals surface area contributed by atoms with Crippen LogP contribution in [0.2, 0.25) is 5.02 Å². The van der Waals surface area contributed by atoms with E-state index in [1.54, 1.807) is 18.2 Å². The Morgan fingerprint density at radius 3 is 2.74 bits per heavy atom. The van der Waals surface area contributed by atoms with E-state index in [0.717, 1.165) is 16.4 Å². The molecule has 2 aromatic rings. The summed E-state index contributed by atoms with van der Waals surface area (Å²) in [6.45, 7) is 2.98. The number of carbonyl (C=O) groups excluding carboxylic acids is 1. The molecule has 0 aromatic heterocycles. The normalized spacial score (nSPS) is 14.2. The van der Waals surface area contributed by atoms with Crippen molar-refractivity contribution >= 4 is 35.0 Å². The van der Waals surface area contributed by atoms with Gasteiger partial charge >= 0.3 is 0 Å². The molecule has 3 rings (SSSR count). The predicted octanol–water partition coefficient (Wildman–Crippen LogP) is 4.23. The van der Waals surface area contributed by atoms with Crippen molar-refractivity contribution in [1.82, 2.24) is 0 Å². The molecular formula is C17H16ClNO3S. The van der Waals surface area contributed by atoms with Gasteiger partial charge in [0.1, 0.15) is 13.2 Å². The van der Waals surface area contributed by atoms with Crippen LogP contribution in [0.15, 0.2) is 47.4 Å². The summed E-state index contributed by atoms with van der Waals surface area (Å²) in [5.74, 6) is 1.40. The molecule has 1 aliphatic rings. The molecule has 4 nitrogen and oxygen atoms in total. The fourth-order valence-electron chi connectivity index (χ4n) is 2.16. The first-order valence-electron chi connectivity index (χ1n) is 7.24. The SMILES string of the molecule is C[C@@H](Sc1ccc2c(c1)OCCO2)C(=O)Nc1cccc(Cl)c1. The van der Waals surface area contributed by atoms with Gasteiger partial charge in [0.2, 0.25) is 5.91 Å². The molecule has 0 unspecified atom stereocenters. The van der Waals surface area contributed by atoms with E-state index in [9.17, 15) is 4.79 Å². The topological polar surface area (TPSA) is 47.6 Å². The third-order valence-electron chi connectivity index (χ3n) is 3.29. The van der Waals surface area contributed by atoms with Gasteiger partial charge in [-0.2, -0.15) is 0 Å². The number of thioether (sulfide) groups is 1. The molecule has 0 fully saturated rings. The summed E-state index contributed by atoms with van der Waals surface area (Å²) in [5, 5.41) is 3.20. The molecule has 0 bridgehead atoms. The van der Waals surface area contributed by atoms with Gasteiger partial charge < -0.3 is 14.8 Å². The van der Waals surface area contributed by atoms with Crippen LogP contribution >= 0.6 is 23.4 Å². The van der Waals surface area contributed by atoms with E-state index in [2.05, 4.69) is 5.32 Å². The van der Waals surface area contributed by atoms with Gasteiger partial charge in [-0.3, -0.25) is 4.79 Å². The molecule has 23 heavy (non-hydrogen) atoms. The van der Waals surface area contributed by atoms with Crippen molar-refractivity contribution in [2.75, 3.05) is 18.5 Å². The minimum atomic E-state index is -0.253. The molecule has 1 heterocycles. The number of carbonyl (C=O) groups is 1. The van der Waals surface area contributed by atoms with Crippen LogP contribution in [0.25, 0.3) is 0 Å². The Labute approximate surface area is 144 Å². The highest BCUT2D eigenvalue weighted by atomic mass is 35.5. The number of ether oxygens (including phenoxy) is 2. The molecule has 0 radical (unpaired) electrons. The summed E-state index contributed by atoms with van der Waals surface area (Å²) in [6, 6.07) is 12.8. The lowest BCUT2D eigenvalue weighted by Crippen LogP contribution is -2.22. The Balaban J connectivity index is 1.64. The Bertz CT molecular complexity index is 723. The second-order valence-electron chi connectivity index (χ2n) is 5.07. The lowest BCUT2D eigenvalue weighted by atomic mass is 10.3. The minimum absolute atomic E-state index is 0.0767. The average Bonchev–Trinajstić information content (AvgIpc) is 2.54. The number of rotatable bonds is 4. The van der Waals surface area contributed by atoms with E-state index < -0.39 is 0 Å². The van der Waals surface area contributed by atoms with Crippen LogP contribution < -0.4 is 14.8 Å². The van der Waals surface area contributed by atoms with Crippen LogP contribution in [0.4, 0.5) is 5.69 Å². The predicted molar refractivity (Wildman–Crippen MR) is 92.8 cm³/mol. The molecule has 1 aliphatic heterocycles. The lowest BCUT2D eigenvalue weighted by Gasteiger charge is -2.19. The largest absolute Gasteiger partial charge is 0.486 e. The number of amides is 1. The van der Waals surface area contributed by atoms with Crippen molar-refractivity contribution in [3.05, 3.63) is 47.5 Å². The molecule has 0 aliphatic carbocycles. The van der Waals surface area contributed by atoms with E-state index in [0.29, 0.717) is 23.9 Å². The molecule has 2 aromatic carbocycles. The van der Waals surface area contributed by atoms with Gasteiger partial charge in [0.25, 0.3) is 0 Å². The summed E-state index contributed by atoms with van der Waals surface area (Å²) in [7, 11) is 0. The minimum Gasteiger partial charge on any atom is -0.486 e. The van der Waals surface area contributed by atoms with Gasteiger partial charge in [-0.25, -0.2) is 0 Å². The van der Waals surface area contributed by atoms with E-state index in [4.69, 9.17) is 21.1 Å². The van der Waals surface area contributed by atoms with E-state index >= 15 is 0 Å². The van der Waals surface area contributed by atoms with Crippen LogP contribution in [0, 0.1) is 0 Å². The molecule has 1 N–H and O–H groups in total. The number of halogens is 1. The van der Waals surface area contributed by atoms with Crippen molar-refractivity contribution in [3.63, 3.8) is 0 Å². The zero-order valence-corrected chi connectivity index (χ0v) is 14.1. The molecule has 1 amide bonds. The summed E-state index contributed by atoms with van der Waals surface area (Å²) in [4.78, 5) is 13.2. The van der Waals surface area contributed by atoms with Gasteiger partial charge in [0.05, 0.1) is 5.25 Å². The quantitative estimate of drug-likeness (QED) is 0.839. The molecule has 120 valence electrons. The lowest BCUT2D eigenvalue weighted by molar-refractivity contribution is -0.115. The van der Waals surface area contributed by atoms with Crippen molar-refractivity contribution in [3.8, 4) is 11.5 Å². The van der Waals surface area contributed by atoms with Gasteiger partial charge in [0, 0.05) is 15.6 Å². The molecule has 0 spiro atoms. The highest BCUT2D eigenvalue weighted by Gasteiger charge is 2.17. The molecule has 6 heteroatoms. The second-order valence-corrected chi connectivity index (χ2v) is 6.92. The van der Waals surface area contributed by atoms with E-state index in [-0.39, 0.29) is 11.2 Å². The number of fused-ring (bicyclic) bond motifs is 1. The first-order chi connectivity index (χ1) is 11.1. The van der Waals surface area contributed by atoms with Crippen molar-refractivity contribution in [1.29, 1.82) is 0 Å². The summed E-state index contributed by atoms with van der Waals surface area (Å²) >= 11 is 7.39. The monoisotopic (exact) mass is 349 g/mol. The maximum absolute atomic E-state index is 12.3. The van der Waals surface area contributed by atoms with Crippen molar-refractivity contribution in [2.45, 2.75) is 17.1 Å². The highest BCUT2D eigenvalue weighted by Crippen LogP contribution is 2.35. The fourth-order valence-corrected chi connectivity index (χ4v) is 3.25. The van der Waals surface area contributed by atoms with E-state index in [1.165, 1.54) is 11.8 Å². The number of anilines is 1. The van der Waals surface area contributed by atoms with Crippen molar-refractivity contribution < 1.29 is 14.3 Å². The fraction of sp³-hybridized carbons (Fsp3) is 0.235. The van der Waals surface area contributed by atoms with Crippen molar-refractivity contribution in [2.24, 2.45) is 0 Å². The molecule has 0 saturated carbocycles. The number of hydrogen-bond acceptors (Lipinski definition) is 4. The Kier molecular flexibility index (Phi) is 4.98. The first kappa shape index (κ1) is 16.0. The average molecular weight is 350 g/mol. The maximum Gasteiger partial charge on any atom is 0.237 e. The van der Waals surface area contributed by atoms with Gasteiger partial charge in [-0.05, 0) is 43.3 Å². The zero-order valence-electron chi connectivity index (χ0n) is 12.5. The Morgan fingerprint density at radius 2 is 1.96 bits per heavy atom. The molecule has 1 atom stereocenters. The first-order valence-corrected chi connectivity index (χ1v) is 8.50. The van der Waals surface area contributed by atoms with Gasteiger partial charge in [-0.15, -0.1) is 11.8 Å². The summed E-state index contributed by atoms with van der Waals surface area (Å²) < 4.78 is 11.1. The third kappa shape index (κ3) is 4.12. The number of benzene rings is 2.